The highest BCUT2D eigenvalue weighted by Gasteiger charge is 2.13. The number of nitrogens with zero attached hydrogens (tertiary/aromatic N) is 1. The molecule has 0 aliphatic heterocycles. The van der Waals surface area contributed by atoms with E-state index in [9.17, 15) is 4.79 Å². The molecule has 1 amide bonds. The van der Waals surface area contributed by atoms with E-state index in [4.69, 9.17) is 10.00 Å². The van der Waals surface area contributed by atoms with Crippen LogP contribution in [-0.4, -0.2) is 18.3 Å². The van der Waals surface area contributed by atoms with Gasteiger partial charge in [-0.05, 0) is 35.2 Å². The molecule has 2 rings (SSSR count). The molecule has 0 radical (unpaired) electrons. The quantitative estimate of drug-likeness (QED) is 0.769. The molecule has 0 aromatic heterocycles. The van der Waals surface area contributed by atoms with Crippen molar-refractivity contribution in [3.63, 3.8) is 0 Å². The molecule has 1 N–H and O–H groups in total. The molecule has 0 heterocycles. The Kier molecular flexibility index (Phi) is 6.49. The lowest BCUT2D eigenvalue weighted by molar-refractivity contribution is -0.118. The van der Waals surface area contributed by atoms with Crippen LogP contribution < -0.4 is 10.1 Å². The number of carbonyl (C=O) groups is 1. The first-order chi connectivity index (χ1) is 11.9. The first-order valence-corrected chi connectivity index (χ1v) is 9.00. The maximum atomic E-state index is 12.1. The Hall–Kier alpha value is -2.45. The van der Waals surface area contributed by atoms with Crippen LogP contribution in [0.1, 0.15) is 26.3 Å². The van der Waals surface area contributed by atoms with Crippen molar-refractivity contribution in [2.24, 2.45) is 0 Å². The first-order valence-electron chi connectivity index (χ1n) is 8.02. The van der Waals surface area contributed by atoms with Crippen LogP contribution in [0.2, 0.25) is 0 Å². The Labute approximate surface area is 153 Å². The highest BCUT2D eigenvalue weighted by molar-refractivity contribution is 7.99. The average Bonchev–Trinajstić information content (AvgIpc) is 2.59. The van der Waals surface area contributed by atoms with Crippen LogP contribution in [0, 0.1) is 11.3 Å². The predicted molar refractivity (Wildman–Crippen MR) is 102 cm³/mol. The van der Waals surface area contributed by atoms with Gasteiger partial charge in [0.25, 0.3) is 5.91 Å². The topological polar surface area (TPSA) is 62.1 Å². The van der Waals surface area contributed by atoms with Crippen molar-refractivity contribution >= 4 is 23.4 Å². The van der Waals surface area contributed by atoms with Crippen molar-refractivity contribution < 1.29 is 9.53 Å². The SMILES string of the molecule is CC(C)(C)c1ccc(OCC(=O)Nc2ccccc2SCC#N)cc1. The minimum absolute atomic E-state index is 0.0634. The summed E-state index contributed by atoms with van der Waals surface area (Å²) >= 11 is 1.39. The number of nitriles is 1. The van der Waals surface area contributed by atoms with Crippen LogP contribution in [0.15, 0.2) is 53.4 Å². The molecule has 0 bridgehead atoms. The van der Waals surface area contributed by atoms with Gasteiger partial charge in [-0.1, -0.05) is 45.0 Å². The molecule has 25 heavy (non-hydrogen) atoms. The Balaban J connectivity index is 1.92. The minimum atomic E-state index is -0.232. The molecule has 0 fully saturated rings. The van der Waals surface area contributed by atoms with Gasteiger partial charge >= 0.3 is 0 Å². The third-order valence-electron chi connectivity index (χ3n) is 3.54. The highest BCUT2D eigenvalue weighted by atomic mass is 32.2. The molecular formula is C20H22N2O2S. The molecule has 0 aliphatic rings. The average molecular weight is 354 g/mol. The van der Waals surface area contributed by atoms with E-state index in [2.05, 4.69) is 32.2 Å². The minimum Gasteiger partial charge on any atom is -0.484 e. The van der Waals surface area contributed by atoms with Crippen molar-refractivity contribution in [1.82, 2.24) is 0 Å². The van der Waals surface area contributed by atoms with Crippen molar-refractivity contribution in [3.05, 3.63) is 54.1 Å². The van der Waals surface area contributed by atoms with Gasteiger partial charge in [0, 0.05) is 4.90 Å². The first kappa shape index (κ1) is 18.9. The van der Waals surface area contributed by atoms with E-state index in [0.717, 1.165) is 4.90 Å². The number of nitrogens with one attached hydrogen (secondary N) is 1. The standard InChI is InChI=1S/C20H22N2O2S/c1-20(2,3)15-8-10-16(11-9-15)24-14-19(23)22-17-6-4-5-7-18(17)25-13-12-21/h4-11H,13-14H2,1-3H3,(H,22,23). The molecule has 130 valence electrons. The third kappa shape index (κ3) is 5.84. The summed E-state index contributed by atoms with van der Waals surface area (Å²) in [7, 11) is 0. The zero-order valence-electron chi connectivity index (χ0n) is 14.7. The molecule has 0 saturated carbocycles. The number of benzene rings is 2. The van der Waals surface area contributed by atoms with Crippen LogP contribution in [0.4, 0.5) is 5.69 Å². The van der Waals surface area contributed by atoms with E-state index in [1.807, 2.05) is 48.5 Å². The third-order valence-corrected chi connectivity index (χ3v) is 4.48. The van der Waals surface area contributed by atoms with Crippen molar-refractivity contribution in [3.8, 4) is 11.8 Å². The maximum absolute atomic E-state index is 12.1. The lowest BCUT2D eigenvalue weighted by Crippen LogP contribution is -2.20. The Bertz CT molecular complexity index is 759. The number of para-hydroxylation sites is 1. The van der Waals surface area contributed by atoms with Gasteiger partial charge in [0.05, 0.1) is 17.5 Å². The van der Waals surface area contributed by atoms with Gasteiger partial charge in [0.15, 0.2) is 6.61 Å². The second-order valence-corrected chi connectivity index (χ2v) is 7.57. The van der Waals surface area contributed by atoms with Crippen LogP contribution in [0.5, 0.6) is 5.75 Å². The summed E-state index contributed by atoms with van der Waals surface area (Å²) < 4.78 is 5.56. The second-order valence-electron chi connectivity index (χ2n) is 6.55. The van der Waals surface area contributed by atoms with Crippen molar-refractivity contribution in [1.29, 1.82) is 5.26 Å². The smallest absolute Gasteiger partial charge is 0.262 e. The van der Waals surface area contributed by atoms with E-state index >= 15 is 0 Å². The van der Waals surface area contributed by atoms with Crippen LogP contribution in [0.25, 0.3) is 0 Å². The van der Waals surface area contributed by atoms with Gasteiger partial charge in [-0.3, -0.25) is 4.79 Å². The molecule has 2 aromatic carbocycles. The van der Waals surface area contributed by atoms with Crippen molar-refractivity contribution in [2.45, 2.75) is 31.1 Å². The number of rotatable bonds is 6. The molecule has 0 aliphatic carbocycles. The number of ether oxygens (including phenoxy) is 1. The highest BCUT2D eigenvalue weighted by Crippen LogP contribution is 2.27. The summed E-state index contributed by atoms with van der Waals surface area (Å²) in [5.41, 5.74) is 1.99. The molecule has 4 nitrogen and oxygen atoms in total. The molecule has 0 saturated heterocycles. The molecule has 0 atom stereocenters. The van der Waals surface area contributed by atoms with E-state index in [1.54, 1.807) is 0 Å². The molecule has 5 heteroatoms. The summed E-state index contributed by atoms with van der Waals surface area (Å²) in [6.07, 6.45) is 0. The van der Waals surface area contributed by atoms with Gasteiger partial charge in [0.2, 0.25) is 0 Å². The number of carbonyl (C=O) groups excluding carboxylic acids is 1. The van der Waals surface area contributed by atoms with Gasteiger partial charge < -0.3 is 10.1 Å². The fourth-order valence-corrected chi connectivity index (χ4v) is 2.86. The van der Waals surface area contributed by atoms with E-state index in [-0.39, 0.29) is 17.9 Å². The number of thioether (sulfide) groups is 1. The van der Waals surface area contributed by atoms with Gasteiger partial charge in [-0.2, -0.15) is 5.26 Å². The molecule has 0 unspecified atom stereocenters. The predicted octanol–water partition coefficient (Wildman–Crippen LogP) is 4.62. The van der Waals surface area contributed by atoms with E-state index in [1.165, 1.54) is 17.3 Å². The van der Waals surface area contributed by atoms with Crippen LogP contribution in [-0.2, 0) is 10.2 Å². The summed E-state index contributed by atoms with van der Waals surface area (Å²) in [6.45, 7) is 6.39. The van der Waals surface area contributed by atoms with Gasteiger partial charge in [-0.25, -0.2) is 0 Å². The monoisotopic (exact) mass is 354 g/mol. The zero-order valence-corrected chi connectivity index (χ0v) is 15.5. The lowest BCUT2D eigenvalue weighted by Gasteiger charge is -2.19. The lowest BCUT2D eigenvalue weighted by atomic mass is 9.87. The van der Waals surface area contributed by atoms with Gasteiger partial charge in [0.1, 0.15) is 5.75 Å². The van der Waals surface area contributed by atoms with E-state index < -0.39 is 0 Å². The summed E-state index contributed by atoms with van der Waals surface area (Å²) in [5.74, 6) is 0.768. The van der Waals surface area contributed by atoms with Crippen molar-refractivity contribution in [2.75, 3.05) is 17.7 Å². The normalized spacial score (nSPS) is 10.8. The Morgan fingerprint density at radius 3 is 2.48 bits per heavy atom. The second kappa shape index (κ2) is 8.59. The number of amides is 1. The largest absolute Gasteiger partial charge is 0.484 e. The van der Waals surface area contributed by atoms with Crippen LogP contribution in [0.3, 0.4) is 0 Å². The molecule has 2 aromatic rings. The number of hydrogen-bond acceptors (Lipinski definition) is 4. The Morgan fingerprint density at radius 2 is 1.84 bits per heavy atom. The maximum Gasteiger partial charge on any atom is 0.262 e. The van der Waals surface area contributed by atoms with Crippen LogP contribution >= 0.6 is 11.8 Å². The summed E-state index contributed by atoms with van der Waals surface area (Å²) in [4.78, 5) is 13.0. The summed E-state index contributed by atoms with van der Waals surface area (Å²) in [5, 5.41) is 11.5. The Morgan fingerprint density at radius 1 is 1.16 bits per heavy atom. The fraction of sp³-hybridized carbons (Fsp3) is 0.300. The molecular weight excluding hydrogens is 332 g/mol. The molecule has 0 spiro atoms. The van der Waals surface area contributed by atoms with E-state index in [0.29, 0.717) is 17.2 Å². The fourth-order valence-electron chi connectivity index (χ4n) is 2.19. The zero-order chi connectivity index (χ0) is 18.3. The number of anilines is 1. The summed E-state index contributed by atoms with van der Waals surface area (Å²) in [6, 6.07) is 17.3. The number of hydrogen-bond donors (Lipinski definition) is 1. The van der Waals surface area contributed by atoms with Gasteiger partial charge in [-0.15, -0.1) is 11.8 Å².